The van der Waals surface area contributed by atoms with Gasteiger partial charge in [0.2, 0.25) is 0 Å². The van der Waals surface area contributed by atoms with Gasteiger partial charge in [-0.2, -0.15) is 0 Å². The molecule has 0 saturated heterocycles. The lowest BCUT2D eigenvalue weighted by molar-refractivity contribution is 0.270. The minimum atomic E-state index is 0.160. The number of rotatable bonds is 0. The van der Waals surface area contributed by atoms with E-state index in [9.17, 15) is 0 Å². The zero-order valence-corrected chi connectivity index (χ0v) is 12.5. The molecule has 1 spiro atoms. The van der Waals surface area contributed by atoms with Crippen LogP contribution in [-0.4, -0.2) is 18.5 Å². The molecule has 0 aromatic heterocycles. The van der Waals surface area contributed by atoms with Crippen molar-refractivity contribution >= 4 is 0 Å². The van der Waals surface area contributed by atoms with E-state index in [0.29, 0.717) is 5.41 Å². The maximum atomic E-state index is 5.81. The normalized spacial score (nSPS) is 21.0. The van der Waals surface area contributed by atoms with E-state index in [4.69, 9.17) is 6.42 Å². The molecule has 0 atom stereocenters. The summed E-state index contributed by atoms with van der Waals surface area (Å²) in [5, 5.41) is 0. The molecule has 1 aliphatic heterocycles. The first-order chi connectivity index (χ1) is 8.86. The molecule has 0 N–H and O–H groups in total. The maximum Gasteiger partial charge on any atom is 0.0286 e. The van der Waals surface area contributed by atoms with E-state index in [0.717, 1.165) is 12.1 Å². The van der Waals surface area contributed by atoms with E-state index in [1.807, 2.05) is 0 Å². The van der Waals surface area contributed by atoms with Gasteiger partial charge in [0.25, 0.3) is 0 Å². The largest absolute Gasteiger partial charge is 0.301 e. The number of likely N-dealkylation sites (N-methyl/N-ethyl adjacent to an activating group) is 1. The van der Waals surface area contributed by atoms with Crippen molar-refractivity contribution < 1.29 is 0 Å². The average Bonchev–Trinajstić information content (AvgIpc) is 3.06. The zero-order chi connectivity index (χ0) is 13.8. The molecular weight excluding hydrogens is 230 g/mol. The summed E-state index contributed by atoms with van der Waals surface area (Å²) < 4.78 is 0. The highest BCUT2D eigenvalue weighted by atomic mass is 15.1. The Bertz CT molecular complexity index is 565. The van der Waals surface area contributed by atoms with Gasteiger partial charge in [-0.05, 0) is 48.1 Å². The number of nitrogens with zero attached hydrogens (tertiary/aromatic N) is 1. The molecule has 1 aromatic carbocycles. The fraction of sp³-hybridized carbons (Fsp3) is 0.556. The zero-order valence-electron chi connectivity index (χ0n) is 12.5. The number of hydrogen-bond acceptors (Lipinski definition) is 1. The van der Waals surface area contributed by atoms with Crippen LogP contribution in [0.2, 0.25) is 0 Å². The van der Waals surface area contributed by atoms with Gasteiger partial charge in [0.15, 0.2) is 0 Å². The van der Waals surface area contributed by atoms with Crippen LogP contribution in [0.4, 0.5) is 0 Å². The molecule has 3 rings (SSSR count). The Morgan fingerprint density at radius 1 is 1.26 bits per heavy atom. The van der Waals surface area contributed by atoms with Crippen molar-refractivity contribution in [1.29, 1.82) is 0 Å². The first kappa shape index (κ1) is 12.8. The lowest BCUT2D eigenvalue weighted by Gasteiger charge is -2.35. The Kier molecular flexibility index (Phi) is 2.60. The Hall–Kier alpha value is -1.26. The topological polar surface area (TPSA) is 3.24 Å². The second-order valence-electron chi connectivity index (χ2n) is 7.40. The molecule has 0 amide bonds. The van der Waals surface area contributed by atoms with Crippen LogP contribution >= 0.6 is 0 Å². The minimum absolute atomic E-state index is 0.160. The smallest absolute Gasteiger partial charge is 0.0286 e. The molecule has 1 fully saturated rings. The third-order valence-corrected chi connectivity index (χ3v) is 4.64. The molecular formula is C18H23N. The van der Waals surface area contributed by atoms with Crippen LogP contribution in [0.5, 0.6) is 0 Å². The summed E-state index contributed by atoms with van der Waals surface area (Å²) in [6, 6.07) is 4.65. The Labute approximate surface area is 117 Å². The highest BCUT2D eigenvalue weighted by Gasteiger charge is 2.49. The lowest BCUT2D eigenvalue weighted by atomic mass is 9.78. The van der Waals surface area contributed by atoms with E-state index in [1.54, 1.807) is 0 Å². The van der Waals surface area contributed by atoms with Gasteiger partial charge in [-0.25, -0.2) is 0 Å². The van der Waals surface area contributed by atoms with Crippen molar-refractivity contribution in [3.8, 4) is 12.3 Å². The maximum absolute atomic E-state index is 5.81. The summed E-state index contributed by atoms with van der Waals surface area (Å²) in [6.45, 7) is 8.98. The van der Waals surface area contributed by atoms with Gasteiger partial charge in [-0.3, -0.25) is 0 Å². The summed E-state index contributed by atoms with van der Waals surface area (Å²) in [5.74, 6) is 2.96. The second kappa shape index (κ2) is 3.87. The Balaban J connectivity index is 2.21. The molecule has 1 aromatic rings. The van der Waals surface area contributed by atoms with Crippen LogP contribution < -0.4 is 0 Å². The average molecular weight is 253 g/mol. The Morgan fingerprint density at radius 3 is 2.47 bits per heavy atom. The predicted octanol–water partition coefficient (Wildman–Crippen LogP) is 3.44. The third kappa shape index (κ3) is 1.99. The van der Waals surface area contributed by atoms with E-state index in [-0.39, 0.29) is 5.41 Å². The SMILES string of the molecule is C#Cc1cc(C(C)(C)C)cc2c1C1(CC1)CN(C)C2. The van der Waals surface area contributed by atoms with Gasteiger partial charge in [0, 0.05) is 24.1 Å². The van der Waals surface area contributed by atoms with Crippen molar-refractivity contribution in [3.05, 3.63) is 34.4 Å². The molecule has 0 radical (unpaired) electrons. The van der Waals surface area contributed by atoms with Crippen LogP contribution in [0.25, 0.3) is 0 Å². The van der Waals surface area contributed by atoms with Gasteiger partial charge < -0.3 is 4.90 Å². The minimum Gasteiger partial charge on any atom is -0.301 e. The second-order valence-corrected chi connectivity index (χ2v) is 7.40. The van der Waals surface area contributed by atoms with Gasteiger partial charge in [0.05, 0.1) is 0 Å². The van der Waals surface area contributed by atoms with Crippen LogP contribution in [0.1, 0.15) is 55.9 Å². The van der Waals surface area contributed by atoms with Crippen LogP contribution in [0, 0.1) is 12.3 Å². The van der Waals surface area contributed by atoms with E-state index in [2.05, 4.69) is 50.8 Å². The summed E-state index contributed by atoms with van der Waals surface area (Å²) in [4.78, 5) is 2.45. The molecule has 0 bridgehead atoms. The summed E-state index contributed by atoms with van der Waals surface area (Å²) in [5.41, 5.74) is 6.00. The fourth-order valence-corrected chi connectivity index (χ4v) is 3.50. The van der Waals surface area contributed by atoms with Crippen molar-refractivity contribution in [2.45, 2.75) is 51.0 Å². The molecule has 1 saturated carbocycles. The quantitative estimate of drug-likeness (QED) is 0.640. The van der Waals surface area contributed by atoms with Crippen molar-refractivity contribution in [1.82, 2.24) is 4.90 Å². The fourth-order valence-electron chi connectivity index (χ4n) is 3.50. The molecule has 100 valence electrons. The van der Waals surface area contributed by atoms with Gasteiger partial charge in [-0.15, -0.1) is 6.42 Å². The molecule has 2 aliphatic rings. The molecule has 19 heavy (non-hydrogen) atoms. The van der Waals surface area contributed by atoms with E-state index >= 15 is 0 Å². The Morgan fingerprint density at radius 2 is 1.95 bits per heavy atom. The predicted molar refractivity (Wildman–Crippen MR) is 80.3 cm³/mol. The molecule has 1 heterocycles. The number of hydrogen-bond donors (Lipinski definition) is 0. The standard InChI is InChI=1S/C18H23N/c1-6-13-9-15(17(2,3)4)10-14-11-19(5)12-18(7-8-18)16(13)14/h1,9-10H,7-8,11-12H2,2-5H3. The van der Waals surface area contributed by atoms with E-state index in [1.165, 1.54) is 36.1 Å². The molecule has 1 aliphatic carbocycles. The van der Waals surface area contributed by atoms with Crippen LogP contribution in [0.15, 0.2) is 12.1 Å². The summed E-state index contributed by atoms with van der Waals surface area (Å²) in [7, 11) is 2.22. The first-order valence-corrected chi connectivity index (χ1v) is 7.19. The van der Waals surface area contributed by atoms with Gasteiger partial charge in [-0.1, -0.05) is 32.8 Å². The number of terminal acetylenes is 1. The van der Waals surface area contributed by atoms with Crippen molar-refractivity contribution in [3.63, 3.8) is 0 Å². The monoisotopic (exact) mass is 253 g/mol. The summed E-state index contributed by atoms with van der Waals surface area (Å²) in [6.07, 6.45) is 8.40. The molecule has 1 heteroatoms. The third-order valence-electron chi connectivity index (χ3n) is 4.64. The highest BCUT2D eigenvalue weighted by molar-refractivity contribution is 5.55. The van der Waals surface area contributed by atoms with Gasteiger partial charge >= 0.3 is 0 Å². The molecule has 1 nitrogen and oxygen atoms in total. The highest BCUT2D eigenvalue weighted by Crippen LogP contribution is 2.53. The van der Waals surface area contributed by atoms with E-state index < -0.39 is 0 Å². The summed E-state index contributed by atoms with van der Waals surface area (Å²) >= 11 is 0. The number of fused-ring (bicyclic) bond motifs is 2. The van der Waals surface area contributed by atoms with Crippen molar-refractivity contribution in [2.24, 2.45) is 0 Å². The van der Waals surface area contributed by atoms with Crippen LogP contribution in [0.3, 0.4) is 0 Å². The van der Waals surface area contributed by atoms with Gasteiger partial charge in [0.1, 0.15) is 0 Å². The number of benzene rings is 1. The molecule has 0 unspecified atom stereocenters. The van der Waals surface area contributed by atoms with Crippen molar-refractivity contribution in [2.75, 3.05) is 13.6 Å². The van der Waals surface area contributed by atoms with Crippen LogP contribution in [-0.2, 0) is 17.4 Å². The lowest BCUT2D eigenvalue weighted by Crippen LogP contribution is -2.36. The first-order valence-electron chi connectivity index (χ1n) is 7.19.